The number of benzene rings is 1. The SMILES string of the molecule is CC[C@](CCC(=O)OC)(CC(=O)OC)C(=O)O[C@@H]1C[C@H](C)CC[C@H]1C(C)(C)c1ccccc1. The molecule has 0 radical (unpaired) electrons. The van der Waals surface area contributed by atoms with Crippen LogP contribution in [0, 0.1) is 17.3 Å². The van der Waals surface area contributed by atoms with Crippen LogP contribution < -0.4 is 0 Å². The lowest BCUT2D eigenvalue weighted by Gasteiger charge is -2.45. The number of hydrogen-bond acceptors (Lipinski definition) is 6. The summed E-state index contributed by atoms with van der Waals surface area (Å²) in [4.78, 5) is 37.7. The van der Waals surface area contributed by atoms with Crippen molar-refractivity contribution in [2.75, 3.05) is 14.2 Å². The van der Waals surface area contributed by atoms with E-state index in [1.54, 1.807) is 0 Å². The highest BCUT2D eigenvalue weighted by Gasteiger charge is 2.46. The molecule has 0 aromatic heterocycles. The second-order valence-electron chi connectivity index (χ2n) is 10.0. The van der Waals surface area contributed by atoms with Crippen LogP contribution >= 0.6 is 0 Å². The lowest BCUT2D eigenvalue weighted by molar-refractivity contribution is -0.174. The second-order valence-corrected chi connectivity index (χ2v) is 10.0. The Balaban J connectivity index is 2.32. The molecule has 0 saturated heterocycles. The summed E-state index contributed by atoms with van der Waals surface area (Å²) in [5.74, 6) is -0.741. The summed E-state index contributed by atoms with van der Waals surface area (Å²) < 4.78 is 15.9. The molecule has 0 amide bonds. The summed E-state index contributed by atoms with van der Waals surface area (Å²) in [6, 6.07) is 10.3. The Bertz CT molecular complexity index is 802. The highest BCUT2D eigenvalue weighted by atomic mass is 16.5. The molecule has 0 unspecified atom stereocenters. The molecule has 0 bridgehead atoms. The van der Waals surface area contributed by atoms with E-state index < -0.39 is 23.3 Å². The molecular weight excluding hydrogens is 420 g/mol. The Kier molecular flexibility index (Phi) is 9.50. The summed E-state index contributed by atoms with van der Waals surface area (Å²) in [7, 11) is 2.61. The van der Waals surface area contributed by atoms with Crippen LogP contribution in [0.25, 0.3) is 0 Å². The van der Waals surface area contributed by atoms with Crippen molar-refractivity contribution in [1.82, 2.24) is 0 Å². The molecule has 0 N–H and O–H groups in total. The van der Waals surface area contributed by atoms with Crippen molar-refractivity contribution in [3.8, 4) is 0 Å². The summed E-state index contributed by atoms with van der Waals surface area (Å²) >= 11 is 0. The van der Waals surface area contributed by atoms with Crippen LogP contribution in [0.15, 0.2) is 30.3 Å². The van der Waals surface area contributed by atoms with Gasteiger partial charge in [-0.1, -0.05) is 64.4 Å². The van der Waals surface area contributed by atoms with Crippen LogP contribution in [-0.2, 0) is 34.0 Å². The number of carbonyl (C=O) groups excluding carboxylic acids is 3. The molecule has 0 heterocycles. The average Bonchev–Trinajstić information content (AvgIpc) is 2.81. The maximum atomic E-state index is 13.7. The fourth-order valence-corrected chi connectivity index (χ4v) is 5.13. The zero-order chi connectivity index (χ0) is 24.6. The zero-order valence-corrected chi connectivity index (χ0v) is 21.0. The average molecular weight is 461 g/mol. The quantitative estimate of drug-likeness (QED) is 0.352. The first kappa shape index (κ1) is 26.9. The first-order valence-corrected chi connectivity index (χ1v) is 12.0. The van der Waals surface area contributed by atoms with Crippen molar-refractivity contribution >= 4 is 17.9 Å². The van der Waals surface area contributed by atoms with E-state index in [4.69, 9.17) is 14.2 Å². The Morgan fingerprint density at radius 1 is 1.00 bits per heavy atom. The van der Waals surface area contributed by atoms with Gasteiger partial charge in [-0.05, 0) is 42.6 Å². The molecular formula is C27H40O6. The molecule has 1 aromatic carbocycles. The third-order valence-corrected chi connectivity index (χ3v) is 7.61. The van der Waals surface area contributed by atoms with Crippen LogP contribution in [0.3, 0.4) is 0 Å². The minimum absolute atomic E-state index is 0.0381. The van der Waals surface area contributed by atoms with Crippen molar-refractivity contribution in [3.05, 3.63) is 35.9 Å². The monoisotopic (exact) mass is 460 g/mol. The van der Waals surface area contributed by atoms with Gasteiger partial charge in [0.05, 0.1) is 26.1 Å². The topological polar surface area (TPSA) is 78.9 Å². The third kappa shape index (κ3) is 6.58. The summed E-state index contributed by atoms with van der Waals surface area (Å²) in [5.41, 5.74) is -0.0912. The van der Waals surface area contributed by atoms with Crippen LogP contribution in [-0.4, -0.2) is 38.2 Å². The number of carbonyl (C=O) groups is 3. The Hall–Kier alpha value is -2.37. The predicted molar refractivity (Wildman–Crippen MR) is 126 cm³/mol. The number of methoxy groups -OCH3 is 2. The van der Waals surface area contributed by atoms with E-state index in [9.17, 15) is 14.4 Å². The maximum absolute atomic E-state index is 13.7. The largest absolute Gasteiger partial charge is 0.469 e. The van der Waals surface area contributed by atoms with Gasteiger partial charge in [-0.25, -0.2) is 0 Å². The molecule has 2 rings (SSSR count). The third-order valence-electron chi connectivity index (χ3n) is 7.61. The summed E-state index contributed by atoms with van der Waals surface area (Å²) in [5, 5.41) is 0. The number of rotatable bonds is 10. The molecule has 6 nitrogen and oxygen atoms in total. The van der Waals surface area contributed by atoms with Gasteiger partial charge in [0.25, 0.3) is 0 Å². The van der Waals surface area contributed by atoms with Gasteiger partial charge >= 0.3 is 17.9 Å². The number of esters is 3. The number of hydrogen-bond donors (Lipinski definition) is 0. The molecule has 1 aliphatic rings. The van der Waals surface area contributed by atoms with Crippen LogP contribution in [0.5, 0.6) is 0 Å². The Labute approximate surface area is 198 Å². The molecule has 1 aromatic rings. The van der Waals surface area contributed by atoms with Crippen molar-refractivity contribution < 1.29 is 28.6 Å². The van der Waals surface area contributed by atoms with Crippen molar-refractivity contribution in [3.63, 3.8) is 0 Å². The predicted octanol–water partition coefficient (Wildman–Crippen LogP) is 5.22. The minimum Gasteiger partial charge on any atom is -0.469 e. The molecule has 4 atom stereocenters. The molecule has 1 aliphatic carbocycles. The van der Waals surface area contributed by atoms with Crippen molar-refractivity contribution in [1.29, 1.82) is 0 Å². The molecule has 1 fully saturated rings. The standard InChI is InChI=1S/C27H40O6/c1-7-27(18-24(29)32-6,16-15-23(28)31-5)25(30)33-22-17-19(2)13-14-21(22)26(3,4)20-11-9-8-10-12-20/h8-12,19,21-22H,7,13-18H2,1-6H3/t19-,21-,22-,27+/m1/s1. The smallest absolute Gasteiger partial charge is 0.312 e. The van der Waals surface area contributed by atoms with Crippen LogP contribution in [0.2, 0.25) is 0 Å². The van der Waals surface area contributed by atoms with E-state index >= 15 is 0 Å². The molecule has 0 spiro atoms. The maximum Gasteiger partial charge on any atom is 0.312 e. The summed E-state index contributed by atoms with van der Waals surface area (Å²) in [6.07, 6.45) is 3.02. The van der Waals surface area contributed by atoms with Crippen molar-refractivity contribution in [2.24, 2.45) is 17.3 Å². The van der Waals surface area contributed by atoms with Crippen molar-refractivity contribution in [2.45, 2.75) is 84.2 Å². The minimum atomic E-state index is -1.12. The van der Waals surface area contributed by atoms with E-state index in [0.29, 0.717) is 12.3 Å². The second kappa shape index (κ2) is 11.7. The van der Waals surface area contributed by atoms with Crippen LogP contribution in [0.4, 0.5) is 0 Å². The first-order valence-electron chi connectivity index (χ1n) is 12.0. The van der Waals surface area contributed by atoms with Gasteiger partial charge in [-0.15, -0.1) is 0 Å². The van der Waals surface area contributed by atoms with Gasteiger partial charge < -0.3 is 14.2 Å². The molecule has 1 saturated carbocycles. The van der Waals surface area contributed by atoms with Gasteiger partial charge in [0.2, 0.25) is 0 Å². The number of ether oxygens (including phenoxy) is 3. The van der Waals surface area contributed by atoms with Gasteiger partial charge in [0, 0.05) is 12.3 Å². The highest BCUT2D eigenvalue weighted by Crippen LogP contribution is 2.45. The summed E-state index contributed by atoms with van der Waals surface area (Å²) in [6.45, 7) is 8.45. The lowest BCUT2D eigenvalue weighted by Crippen LogP contribution is -2.46. The van der Waals surface area contributed by atoms with E-state index in [1.807, 2.05) is 25.1 Å². The zero-order valence-electron chi connectivity index (χ0n) is 21.0. The lowest BCUT2D eigenvalue weighted by atomic mass is 9.64. The molecule has 184 valence electrons. The molecule has 6 heteroatoms. The Morgan fingerprint density at radius 2 is 1.64 bits per heavy atom. The van der Waals surface area contributed by atoms with Gasteiger partial charge in [0.1, 0.15) is 6.10 Å². The first-order chi connectivity index (χ1) is 15.6. The Morgan fingerprint density at radius 3 is 2.21 bits per heavy atom. The van der Waals surface area contributed by atoms with E-state index in [-0.39, 0.29) is 36.7 Å². The van der Waals surface area contributed by atoms with Gasteiger partial charge in [0.15, 0.2) is 0 Å². The van der Waals surface area contributed by atoms with E-state index in [1.165, 1.54) is 19.8 Å². The van der Waals surface area contributed by atoms with Gasteiger partial charge in [-0.2, -0.15) is 0 Å². The van der Waals surface area contributed by atoms with E-state index in [0.717, 1.165) is 19.3 Å². The molecule has 33 heavy (non-hydrogen) atoms. The fourth-order valence-electron chi connectivity index (χ4n) is 5.13. The normalized spacial score (nSPS) is 22.7. The van der Waals surface area contributed by atoms with Crippen LogP contribution in [0.1, 0.15) is 78.2 Å². The fraction of sp³-hybridized carbons (Fsp3) is 0.667. The highest BCUT2D eigenvalue weighted by molar-refractivity contribution is 5.84. The molecule has 0 aliphatic heterocycles. The van der Waals surface area contributed by atoms with E-state index in [2.05, 4.69) is 32.9 Å². The van der Waals surface area contributed by atoms with Gasteiger partial charge in [-0.3, -0.25) is 14.4 Å².